The summed E-state index contributed by atoms with van der Waals surface area (Å²) in [4.78, 5) is 14.5. The lowest BCUT2D eigenvalue weighted by molar-refractivity contribution is 0.0686. The number of likely N-dealkylation sites (tertiary alicyclic amines) is 1. The first-order chi connectivity index (χ1) is 10.3. The Labute approximate surface area is 124 Å². The first kappa shape index (κ1) is 13.7. The van der Waals surface area contributed by atoms with Crippen LogP contribution in [0.4, 0.5) is 0 Å². The number of piperidine rings is 1. The first-order valence-corrected chi connectivity index (χ1v) is 7.21. The second kappa shape index (κ2) is 5.99. The van der Waals surface area contributed by atoms with Crippen LogP contribution in [0.15, 0.2) is 42.7 Å². The van der Waals surface area contributed by atoms with Crippen molar-refractivity contribution in [2.75, 3.05) is 20.2 Å². The van der Waals surface area contributed by atoms with Gasteiger partial charge in [0, 0.05) is 25.5 Å². The molecule has 1 amide bonds. The fourth-order valence-electron chi connectivity index (χ4n) is 2.82. The minimum Gasteiger partial charge on any atom is -0.496 e. The van der Waals surface area contributed by atoms with E-state index in [-0.39, 0.29) is 5.91 Å². The summed E-state index contributed by atoms with van der Waals surface area (Å²) in [7, 11) is 1.59. The number of carbonyl (C=O) groups is 1. The van der Waals surface area contributed by atoms with Gasteiger partial charge in [0.1, 0.15) is 5.75 Å². The number of carbonyl (C=O) groups excluding carboxylic acids is 1. The Morgan fingerprint density at radius 2 is 2.00 bits per heavy atom. The molecule has 5 heteroatoms. The summed E-state index contributed by atoms with van der Waals surface area (Å²) < 4.78 is 7.27. The maximum absolute atomic E-state index is 12.6. The minimum absolute atomic E-state index is 0.0476. The summed E-state index contributed by atoms with van der Waals surface area (Å²) in [6.45, 7) is 1.50. The van der Waals surface area contributed by atoms with Gasteiger partial charge >= 0.3 is 0 Å². The molecule has 0 spiro atoms. The highest BCUT2D eigenvalue weighted by Gasteiger charge is 2.26. The van der Waals surface area contributed by atoms with Crippen LogP contribution >= 0.6 is 0 Å². The highest BCUT2D eigenvalue weighted by molar-refractivity contribution is 5.97. The number of methoxy groups -OCH3 is 1. The molecular weight excluding hydrogens is 266 g/mol. The van der Waals surface area contributed by atoms with Gasteiger partial charge in [0.2, 0.25) is 0 Å². The van der Waals surface area contributed by atoms with Crippen molar-refractivity contribution in [1.29, 1.82) is 0 Å². The van der Waals surface area contributed by atoms with Crippen molar-refractivity contribution >= 4 is 5.91 Å². The van der Waals surface area contributed by atoms with Crippen molar-refractivity contribution in [3.05, 3.63) is 48.3 Å². The Kier molecular flexibility index (Phi) is 3.90. The number of amides is 1. The summed E-state index contributed by atoms with van der Waals surface area (Å²) in [5.74, 6) is 0.683. The number of nitrogens with zero attached hydrogens (tertiary/aromatic N) is 3. The Balaban J connectivity index is 1.68. The third-order valence-electron chi connectivity index (χ3n) is 3.99. The van der Waals surface area contributed by atoms with Gasteiger partial charge in [-0.25, -0.2) is 0 Å². The number of hydrogen-bond acceptors (Lipinski definition) is 3. The molecule has 1 aliphatic heterocycles. The van der Waals surface area contributed by atoms with Gasteiger partial charge in [-0.1, -0.05) is 12.1 Å². The number of rotatable bonds is 3. The molecule has 21 heavy (non-hydrogen) atoms. The summed E-state index contributed by atoms with van der Waals surface area (Å²) in [5.41, 5.74) is 0.637. The van der Waals surface area contributed by atoms with Crippen molar-refractivity contribution in [3.63, 3.8) is 0 Å². The molecule has 2 aromatic rings. The zero-order chi connectivity index (χ0) is 14.7. The third kappa shape index (κ3) is 2.77. The van der Waals surface area contributed by atoms with Crippen LogP contribution in [0.3, 0.4) is 0 Å². The lowest BCUT2D eigenvalue weighted by Gasteiger charge is -2.32. The lowest BCUT2D eigenvalue weighted by atomic mass is 10.0. The van der Waals surface area contributed by atoms with E-state index in [1.165, 1.54) is 0 Å². The Bertz CT molecular complexity index is 602. The van der Waals surface area contributed by atoms with Crippen LogP contribution in [0.25, 0.3) is 0 Å². The first-order valence-electron chi connectivity index (χ1n) is 7.21. The molecule has 1 aliphatic rings. The molecule has 0 bridgehead atoms. The van der Waals surface area contributed by atoms with Gasteiger partial charge in [-0.05, 0) is 31.0 Å². The lowest BCUT2D eigenvalue weighted by Crippen LogP contribution is -2.39. The molecule has 2 heterocycles. The SMILES string of the molecule is COc1ccccc1C(=O)N1CCC(n2cccn2)CC1. The van der Waals surface area contributed by atoms with E-state index in [1.807, 2.05) is 46.1 Å². The molecule has 1 aromatic carbocycles. The maximum atomic E-state index is 12.6. The van der Waals surface area contributed by atoms with Gasteiger partial charge in [0.25, 0.3) is 5.91 Å². The molecule has 1 fully saturated rings. The fraction of sp³-hybridized carbons (Fsp3) is 0.375. The van der Waals surface area contributed by atoms with E-state index in [9.17, 15) is 4.79 Å². The Hall–Kier alpha value is -2.30. The molecule has 5 nitrogen and oxygen atoms in total. The molecule has 1 saturated heterocycles. The van der Waals surface area contributed by atoms with E-state index in [2.05, 4.69) is 5.10 Å². The molecule has 0 aliphatic carbocycles. The van der Waals surface area contributed by atoms with Crippen molar-refractivity contribution in [2.24, 2.45) is 0 Å². The smallest absolute Gasteiger partial charge is 0.257 e. The largest absolute Gasteiger partial charge is 0.496 e. The van der Waals surface area contributed by atoms with Crippen molar-refractivity contribution in [3.8, 4) is 5.75 Å². The molecule has 3 rings (SSSR count). The van der Waals surface area contributed by atoms with E-state index in [0.717, 1.165) is 25.9 Å². The van der Waals surface area contributed by atoms with Crippen LogP contribution in [0.2, 0.25) is 0 Å². The standard InChI is InChI=1S/C16H19N3O2/c1-21-15-6-3-2-5-14(15)16(20)18-11-7-13(8-12-18)19-10-4-9-17-19/h2-6,9-10,13H,7-8,11-12H2,1H3. The molecular formula is C16H19N3O2. The van der Waals surface area contributed by atoms with Crippen molar-refractivity contribution < 1.29 is 9.53 Å². The van der Waals surface area contributed by atoms with E-state index in [1.54, 1.807) is 13.3 Å². The second-order valence-electron chi connectivity index (χ2n) is 5.21. The molecule has 0 atom stereocenters. The maximum Gasteiger partial charge on any atom is 0.257 e. The van der Waals surface area contributed by atoms with Crippen LogP contribution < -0.4 is 4.74 Å². The van der Waals surface area contributed by atoms with E-state index in [4.69, 9.17) is 4.74 Å². The van der Waals surface area contributed by atoms with Gasteiger partial charge in [0.15, 0.2) is 0 Å². The monoisotopic (exact) mass is 285 g/mol. The molecule has 0 radical (unpaired) electrons. The Morgan fingerprint density at radius 1 is 1.24 bits per heavy atom. The Morgan fingerprint density at radius 3 is 2.67 bits per heavy atom. The van der Waals surface area contributed by atoms with Crippen LogP contribution in [0.1, 0.15) is 29.2 Å². The zero-order valence-corrected chi connectivity index (χ0v) is 12.1. The van der Waals surface area contributed by atoms with Gasteiger partial charge in [-0.2, -0.15) is 5.10 Å². The highest BCUT2D eigenvalue weighted by atomic mass is 16.5. The molecule has 110 valence electrons. The van der Waals surface area contributed by atoms with E-state index >= 15 is 0 Å². The quantitative estimate of drug-likeness (QED) is 0.870. The average Bonchev–Trinajstić information content (AvgIpc) is 3.09. The number of hydrogen-bond donors (Lipinski definition) is 0. The topological polar surface area (TPSA) is 47.4 Å². The average molecular weight is 285 g/mol. The molecule has 0 unspecified atom stereocenters. The second-order valence-corrected chi connectivity index (χ2v) is 5.21. The van der Waals surface area contributed by atoms with Gasteiger partial charge < -0.3 is 9.64 Å². The molecule has 0 N–H and O–H groups in total. The fourth-order valence-corrected chi connectivity index (χ4v) is 2.82. The highest BCUT2D eigenvalue weighted by Crippen LogP contribution is 2.25. The van der Waals surface area contributed by atoms with Crippen LogP contribution in [-0.4, -0.2) is 40.8 Å². The van der Waals surface area contributed by atoms with Crippen LogP contribution in [0, 0.1) is 0 Å². The third-order valence-corrected chi connectivity index (χ3v) is 3.99. The summed E-state index contributed by atoms with van der Waals surface area (Å²) in [6, 6.07) is 9.71. The van der Waals surface area contributed by atoms with E-state index < -0.39 is 0 Å². The predicted molar refractivity (Wildman–Crippen MR) is 79.4 cm³/mol. The summed E-state index contributed by atoms with van der Waals surface area (Å²) >= 11 is 0. The normalized spacial score (nSPS) is 16.0. The van der Waals surface area contributed by atoms with E-state index in [0.29, 0.717) is 17.4 Å². The van der Waals surface area contributed by atoms with Crippen LogP contribution in [0.5, 0.6) is 5.75 Å². The number of para-hydroxylation sites is 1. The number of ether oxygens (including phenoxy) is 1. The zero-order valence-electron chi connectivity index (χ0n) is 12.1. The number of benzene rings is 1. The summed E-state index contributed by atoms with van der Waals surface area (Å²) in [6.07, 6.45) is 5.65. The van der Waals surface area contributed by atoms with Gasteiger partial charge in [0.05, 0.1) is 18.7 Å². The van der Waals surface area contributed by atoms with Crippen LogP contribution in [-0.2, 0) is 0 Å². The van der Waals surface area contributed by atoms with Gasteiger partial charge in [-0.15, -0.1) is 0 Å². The summed E-state index contributed by atoms with van der Waals surface area (Å²) in [5, 5.41) is 4.29. The predicted octanol–water partition coefficient (Wildman–Crippen LogP) is 2.37. The number of aromatic nitrogens is 2. The minimum atomic E-state index is 0.0476. The molecule has 0 saturated carbocycles. The van der Waals surface area contributed by atoms with Gasteiger partial charge in [-0.3, -0.25) is 9.48 Å². The molecule has 1 aromatic heterocycles. The van der Waals surface area contributed by atoms with Crippen molar-refractivity contribution in [1.82, 2.24) is 14.7 Å². The van der Waals surface area contributed by atoms with Crippen molar-refractivity contribution in [2.45, 2.75) is 18.9 Å².